The van der Waals surface area contributed by atoms with Crippen LogP contribution in [-0.2, 0) is 111 Å². The molecular formula is C86H106N26O32P2. The molecule has 2 aliphatic rings. The van der Waals surface area contributed by atoms with E-state index in [2.05, 4.69) is 75.2 Å². The number of nitrogens with two attached hydrogens (primary N) is 3. The molecule has 15 N–H and O–H groups in total. The topological polar surface area (TPSA) is 889 Å². The molecule has 2 fully saturated rings. The highest BCUT2D eigenvalue weighted by Crippen LogP contribution is 2.50. The molecule has 2 aliphatic heterocycles. The lowest BCUT2D eigenvalue weighted by molar-refractivity contribution is -0.384. The summed E-state index contributed by atoms with van der Waals surface area (Å²) in [6.45, 7) is 5.84. The van der Waals surface area contributed by atoms with Crippen LogP contribution in [0.5, 0.6) is 5.75 Å². The number of unbranched alkanes of at least 4 members (excludes halogenated alkanes) is 1. The maximum atomic E-state index is 12.9. The van der Waals surface area contributed by atoms with Gasteiger partial charge in [0.05, 0.1) is 48.1 Å². The number of aromatic nitrogens is 6. The van der Waals surface area contributed by atoms with E-state index >= 15 is 0 Å². The number of nitrogen functional groups attached to an aromatic ring is 2. The number of anilines is 2. The Labute approximate surface area is 829 Å². The van der Waals surface area contributed by atoms with Crippen LogP contribution in [0, 0.1) is 56.4 Å². The number of carboxylic acids is 2. The number of nitrogens with zero attached hydrogens (tertiary/aromatic N) is 21. The number of benzene rings is 5. The monoisotopic (exact) mass is 2080 g/mol. The molecule has 12 atom stereocenters. The minimum Gasteiger partial charge on any atom is -0.481 e. The number of hydrogen-bond acceptors (Lipinski definition) is 40. The lowest BCUT2D eigenvalue weighted by atomic mass is 10.0. The van der Waals surface area contributed by atoms with Crippen molar-refractivity contribution in [3.63, 3.8) is 0 Å². The van der Waals surface area contributed by atoms with E-state index in [9.17, 15) is 77.5 Å². The van der Waals surface area contributed by atoms with Gasteiger partial charge in [0, 0.05) is 86.7 Å². The normalized spacial score (nSPS) is 16.2. The third-order valence-electron chi connectivity index (χ3n) is 20.2. The average molecular weight is 2080 g/mol. The number of carbonyl (C=O) groups is 8. The molecule has 58 nitrogen and oxygen atoms in total. The molecule has 146 heavy (non-hydrogen) atoms. The quantitative estimate of drug-likeness (QED) is 0.00161. The first-order valence-electron chi connectivity index (χ1n) is 43.8. The van der Waals surface area contributed by atoms with E-state index in [-0.39, 0.29) is 110 Å². The highest BCUT2D eigenvalue weighted by Gasteiger charge is 2.48. The molecule has 2 saturated heterocycles. The summed E-state index contributed by atoms with van der Waals surface area (Å²) in [7, 11) is -9.96. The van der Waals surface area contributed by atoms with Crippen LogP contribution in [-0.4, -0.2) is 194 Å². The summed E-state index contributed by atoms with van der Waals surface area (Å²) in [6.07, 6.45) is -2.61. The Kier molecular flexibility index (Phi) is 53.2. The molecule has 0 aliphatic carbocycles. The summed E-state index contributed by atoms with van der Waals surface area (Å²) >= 11 is 0. The number of ether oxygens (including phenoxy) is 9. The fraction of sp³-hybridized carbons (Fsp3) is 0.430. The molecule has 0 saturated carbocycles. The number of nitriles is 2. The summed E-state index contributed by atoms with van der Waals surface area (Å²) in [5, 5.41) is 84.6. The van der Waals surface area contributed by atoms with Crippen molar-refractivity contribution in [2.45, 2.75) is 168 Å². The minimum absolute atomic E-state index is 0.0160. The fourth-order valence-corrected chi connectivity index (χ4v) is 13.7. The molecule has 5 heterocycles. The van der Waals surface area contributed by atoms with Crippen LogP contribution in [0.25, 0.3) is 52.9 Å². The van der Waals surface area contributed by atoms with Gasteiger partial charge in [0.15, 0.2) is 30.9 Å². The molecule has 1 unspecified atom stereocenters. The van der Waals surface area contributed by atoms with Crippen LogP contribution in [0.2, 0.25) is 0 Å². The first-order valence-corrected chi connectivity index (χ1v) is 46.8. The number of imidazole rings is 1. The van der Waals surface area contributed by atoms with Crippen molar-refractivity contribution in [3.05, 3.63) is 231 Å². The summed E-state index contributed by atoms with van der Waals surface area (Å²) < 4.78 is 86.8. The second kappa shape index (κ2) is 64.5. The number of rotatable bonds is 46. The number of azide groups is 4. The number of phosphoric acid groups is 2. The van der Waals surface area contributed by atoms with Crippen LogP contribution in [0.4, 0.5) is 54.5 Å². The number of alkyl carbamates (subject to hydrolysis) is 2. The Morgan fingerprint density at radius 3 is 1.50 bits per heavy atom. The molecule has 0 spiro atoms. The lowest BCUT2D eigenvalue weighted by Gasteiger charge is -2.22. The highest BCUT2D eigenvalue weighted by molar-refractivity contribution is 7.47. The van der Waals surface area contributed by atoms with Crippen LogP contribution >= 0.6 is 15.6 Å². The predicted octanol–water partition coefficient (Wildman–Crippen LogP) is 13.1. The molecule has 60 heteroatoms. The number of amides is 2. The van der Waals surface area contributed by atoms with Crippen molar-refractivity contribution in [2.24, 2.45) is 49.9 Å². The van der Waals surface area contributed by atoms with Gasteiger partial charge in [-0.05, 0) is 120 Å². The maximum absolute atomic E-state index is 12.9. The van der Waals surface area contributed by atoms with Crippen LogP contribution in [0.1, 0.15) is 133 Å². The number of hydrogen-bond donors (Lipinski definition) is 12. The number of aliphatic hydroxyl groups excluding tert-OH is 2. The Bertz CT molecular complexity index is 6010. The zero-order valence-electron chi connectivity index (χ0n) is 78.6. The maximum Gasteiger partial charge on any atom is 0.514 e. The molecule has 0 bridgehead atoms. The molecule has 2 amide bonds. The molecular weight excluding hydrogens is 1970 g/mol. The van der Waals surface area contributed by atoms with Crippen molar-refractivity contribution in [1.82, 2.24) is 39.7 Å². The number of carboxylic acid groups (broad SMARTS) is 2. The minimum atomic E-state index is -4.99. The SMILES string of the molecule is C[C@@H](CCCCC(=O)OCc1ccccc1N=[N+]=[N-])C(=O)O.C[C@@H](CCCN)C(=O)O.C[C@@H](CCCNC(=O)OCc1ccccc1N=[N+]=[N-])C(=O)OCC#N.C[C@@H](CCCNC(=O)OCc1ccccc1N=[N+]=[N-])C(=O)OCC#N.Nc1ccn([C@H]2C[C@H](OP(=O)(O)OC[C@H]3O[C@@H](n4cnc5c(N)ncnc54)[C@H](O)[C@@H]3O)[C@@H](COP(=O)(O)O)O2)c(=O)n1.[N-]=[N+]=Nc1ccccc1COC(=O)Oc1ccc([N+](=O)[O-])cc1. The number of esters is 3. The summed E-state index contributed by atoms with van der Waals surface area (Å²) in [5.74, 6) is -3.98. The number of aliphatic carboxylic acids is 2. The standard InChI is InChI=1S/C19H26N8O13P2.2C16H19N5O4.C15H19N3O4.C14H10N4O5.C6H13NO2/c20-11-1-2-26(19(30)25-11)12-3-8(9(38-12)4-36-41(31,32)33)40-42(34,35)37-5-10-14(28)15(29)18(39-10)27-7-24-13-16(21)22-6-23-17(13)27;2*1-12(15(22)24-10-8-17)5-4-9-19-16(23)25-11-13-6-2-3-7-14(13)20-21-18;1-11(15(20)21)6-2-5-9-14(19)22-10-12-7-3-4-8-13(12)17-18-16;15-17-16-13-4-2-1-3-10(13)9-22-14(19)23-12-7-5-11(6-8-12)18(20)21;1-5(6(8)9)3-2-4-7/h1-2,6-10,12,14-15,18,28-29H,3-5H2,(H,34,35)(H2,20,25,30)(H2,21,22,23)(H2,31,32,33);2*2-3,6-7,12H,4-5,9-11H2,1H3,(H,19,23);3-4,7-8,11H,2,5-6,9-10H2,1H3,(H,20,21);1-8H,9H2;5H,2-4,7H2,1H3,(H,8,9)/t8-,9+,10+,12+,14+,15+,18+;2*12-;11-;;5-/m0000.0/s1. The first kappa shape index (κ1) is 120. The summed E-state index contributed by atoms with van der Waals surface area (Å²) in [4.78, 5) is 167. The molecule has 8 aromatic rings. The van der Waals surface area contributed by atoms with Crippen LogP contribution < -0.4 is 38.3 Å². The first-order chi connectivity index (χ1) is 69.7. The number of nitro benzene ring substituents is 1. The zero-order valence-corrected chi connectivity index (χ0v) is 80.4. The second-order valence-corrected chi connectivity index (χ2v) is 33.5. The Balaban J connectivity index is 0.000000322. The van der Waals surface area contributed by atoms with E-state index in [4.69, 9.17) is 122 Å². The number of fused-ring (bicyclic) bond motifs is 1. The number of non-ortho nitro benzene ring substituents is 1. The molecule has 10 rings (SSSR count). The zero-order chi connectivity index (χ0) is 108. The summed E-state index contributed by atoms with van der Waals surface area (Å²) in [5.41, 5.74) is 53.8. The Morgan fingerprint density at radius 1 is 0.589 bits per heavy atom. The highest BCUT2D eigenvalue weighted by atomic mass is 31.2. The van der Waals surface area contributed by atoms with Gasteiger partial charge >= 0.3 is 69.5 Å². The number of nitro groups is 1. The third-order valence-corrected chi connectivity index (χ3v) is 21.7. The third kappa shape index (κ3) is 44.2. The number of aliphatic hydroxyl groups is 2. The second-order valence-electron chi connectivity index (χ2n) is 30.8. The number of phosphoric ester groups is 2. The molecule has 3 aromatic heterocycles. The van der Waals surface area contributed by atoms with E-state index in [1.807, 2.05) is 0 Å². The number of nitrogens with one attached hydrogen (secondary N) is 2. The van der Waals surface area contributed by atoms with Gasteiger partial charge in [0.25, 0.3) is 5.69 Å². The van der Waals surface area contributed by atoms with E-state index in [0.717, 1.165) is 11.0 Å². The Morgan fingerprint density at radius 2 is 1.05 bits per heavy atom. The molecule has 0 radical (unpaired) electrons. The van der Waals surface area contributed by atoms with E-state index in [1.165, 1.54) is 53.8 Å². The van der Waals surface area contributed by atoms with Crippen molar-refractivity contribution in [1.29, 1.82) is 10.5 Å². The van der Waals surface area contributed by atoms with Gasteiger partial charge in [-0.3, -0.25) is 56.8 Å². The van der Waals surface area contributed by atoms with E-state index in [0.29, 0.717) is 116 Å². The van der Waals surface area contributed by atoms with Crippen molar-refractivity contribution >= 4 is 115 Å². The van der Waals surface area contributed by atoms with Gasteiger partial charge in [-0.15, -0.1) is 0 Å². The summed E-state index contributed by atoms with van der Waals surface area (Å²) in [6, 6.07) is 36.8. The van der Waals surface area contributed by atoms with Crippen molar-refractivity contribution in [3.8, 4) is 17.9 Å². The van der Waals surface area contributed by atoms with Gasteiger partial charge in [0.2, 0.25) is 0 Å². The van der Waals surface area contributed by atoms with Crippen molar-refractivity contribution < 1.29 is 144 Å². The number of carbonyl (C=O) groups excluding carboxylic acids is 6. The van der Waals surface area contributed by atoms with Crippen LogP contribution in [0.3, 0.4) is 0 Å². The van der Waals surface area contributed by atoms with Gasteiger partial charge in [-0.2, -0.15) is 15.5 Å². The largest absolute Gasteiger partial charge is 0.514 e. The van der Waals surface area contributed by atoms with Gasteiger partial charge in [-0.1, -0.05) is 152 Å². The van der Waals surface area contributed by atoms with Crippen molar-refractivity contribution in [2.75, 3.05) is 57.5 Å². The van der Waals surface area contributed by atoms with Gasteiger partial charge < -0.3 is 106 Å². The van der Waals surface area contributed by atoms with E-state index in [1.54, 1.807) is 137 Å². The van der Waals surface area contributed by atoms with Gasteiger partial charge in [0.1, 0.15) is 98.7 Å². The Hall–Kier alpha value is -16.1. The lowest BCUT2D eigenvalue weighted by Crippen LogP contribution is -2.34. The fourth-order valence-electron chi connectivity index (χ4n) is 12.4. The molecule has 782 valence electrons. The van der Waals surface area contributed by atoms with Gasteiger partial charge in [-0.25, -0.2) is 43.3 Å². The van der Waals surface area contributed by atoms with E-state index < -0.39 is 131 Å². The average Bonchev–Trinajstić information content (AvgIpc) is 1.62. The predicted molar refractivity (Wildman–Crippen MR) is 507 cm³/mol. The smallest absolute Gasteiger partial charge is 0.481 e. The van der Waals surface area contributed by atoms with Crippen LogP contribution in [0.15, 0.2) is 171 Å². The molecule has 5 aromatic carbocycles.